The van der Waals surface area contributed by atoms with Crippen LogP contribution in [0.2, 0.25) is 0 Å². The molecule has 0 unspecified atom stereocenters. The summed E-state index contributed by atoms with van der Waals surface area (Å²) in [5.41, 5.74) is 5.36. The van der Waals surface area contributed by atoms with Gasteiger partial charge in [0.15, 0.2) is 0 Å². The molecule has 0 aliphatic carbocycles. The summed E-state index contributed by atoms with van der Waals surface area (Å²) in [5.74, 6) is 0.660. The number of pyridine rings is 1. The maximum atomic E-state index is 12.7. The summed E-state index contributed by atoms with van der Waals surface area (Å²) in [7, 11) is 5.78. The first-order chi connectivity index (χ1) is 14.9. The van der Waals surface area contributed by atoms with Gasteiger partial charge in [0.1, 0.15) is 0 Å². The molecule has 0 fully saturated rings. The van der Waals surface area contributed by atoms with Gasteiger partial charge in [-0.15, -0.1) is 0 Å². The molecule has 4 aromatic rings. The molecule has 0 bridgehead atoms. The summed E-state index contributed by atoms with van der Waals surface area (Å²) >= 11 is 1.40. The molecule has 0 saturated carbocycles. The van der Waals surface area contributed by atoms with Gasteiger partial charge >= 0.3 is 179 Å². The van der Waals surface area contributed by atoms with Crippen molar-refractivity contribution in [2.75, 3.05) is 17.7 Å². The predicted octanol–water partition coefficient (Wildman–Crippen LogP) is 4.66. The summed E-state index contributed by atoms with van der Waals surface area (Å²) in [6.07, 6.45) is 0. The zero-order valence-electron chi connectivity index (χ0n) is 17.7. The molecule has 0 atom stereocenters. The number of methoxy groups -OCH3 is 1. The molecule has 1 amide bonds. The van der Waals surface area contributed by atoms with Crippen LogP contribution in [0.4, 0.5) is 11.4 Å². The maximum absolute atomic E-state index is 12.7. The molecule has 7 heteroatoms. The number of fused-ring (bicyclic) bond motifs is 1. The van der Waals surface area contributed by atoms with Crippen molar-refractivity contribution >= 4 is 52.6 Å². The fraction of sp³-hybridized carbons (Fsp3) is 0.125. The second kappa shape index (κ2) is 8.74. The van der Waals surface area contributed by atoms with E-state index in [1.165, 1.54) is 11.3 Å². The SMILES string of the molecule is B=C(Nc1ccc(OC)cc1C)c1ccc(C(=O)Nc2ccc3nc(C)ccc3c2)s1. The summed E-state index contributed by atoms with van der Waals surface area (Å²) in [4.78, 5) is 18.8. The number of nitrogens with zero attached hydrogens (tertiary/aromatic N) is 1. The minimum absolute atomic E-state index is 0.149. The summed E-state index contributed by atoms with van der Waals surface area (Å²) < 4.78 is 5.25. The molecule has 0 spiro atoms. The molecule has 0 saturated heterocycles. The third-order valence-electron chi connectivity index (χ3n) is 4.93. The quantitative estimate of drug-likeness (QED) is 0.439. The zero-order valence-corrected chi connectivity index (χ0v) is 18.5. The number of hydrogen-bond donors (Lipinski definition) is 2. The van der Waals surface area contributed by atoms with Gasteiger partial charge in [-0.05, 0) is 6.92 Å². The van der Waals surface area contributed by atoms with Crippen molar-refractivity contribution in [1.82, 2.24) is 4.98 Å². The van der Waals surface area contributed by atoms with Crippen LogP contribution < -0.4 is 15.4 Å². The third kappa shape index (κ3) is 4.67. The van der Waals surface area contributed by atoms with Crippen molar-refractivity contribution in [1.29, 1.82) is 0 Å². The van der Waals surface area contributed by atoms with Gasteiger partial charge in [-0.25, -0.2) is 0 Å². The molecular formula is C24H22BN3O2S. The number of benzene rings is 2. The Morgan fingerprint density at radius 3 is 2.55 bits per heavy atom. The number of thiophene rings is 1. The average molecular weight is 427 g/mol. The van der Waals surface area contributed by atoms with Gasteiger partial charge in [-0.1, -0.05) is 0 Å². The van der Waals surface area contributed by atoms with E-state index in [4.69, 9.17) is 4.74 Å². The van der Waals surface area contributed by atoms with Crippen LogP contribution in [0.15, 0.2) is 60.7 Å². The van der Waals surface area contributed by atoms with Crippen molar-refractivity contribution in [3.63, 3.8) is 0 Å². The predicted molar refractivity (Wildman–Crippen MR) is 131 cm³/mol. The first kappa shape index (κ1) is 20.8. The van der Waals surface area contributed by atoms with Gasteiger partial charge in [0.05, 0.1) is 0 Å². The number of amides is 1. The molecule has 2 aromatic heterocycles. The van der Waals surface area contributed by atoms with Crippen molar-refractivity contribution in [3.8, 4) is 5.75 Å². The van der Waals surface area contributed by atoms with Gasteiger partial charge in [0.25, 0.3) is 0 Å². The molecular weight excluding hydrogens is 405 g/mol. The first-order valence-electron chi connectivity index (χ1n) is 9.82. The minimum atomic E-state index is -0.149. The van der Waals surface area contributed by atoms with Crippen molar-refractivity contribution in [2.24, 2.45) is 0 Å². The number of anilines is 2. The van der Waals surface area contributed by atoms with Gasteiger partial charge < -0.3 is 0 Å². The summed E-state index contributed by atoms with van der Waals surface area (Å²) in [6.45, 7) is 3.97. The number of nitrogens with one attached hydrogen (secondary N) is 2. The van der Waals surface area contributed by atoms with E-state index in [-0.39, 0.29) is 5.91 Å². The van der Waals surface area contributed by atoms with E-state index in [1.54, 1.807) is 7.11 Å². The van der Waals surface area contributed by atoms with Gasteiger partial charge in [0, 0.05) is 0 Å². The number of carbonyl (C=O) groups is 1. The number of rotatable bonds is 6. The van der Waals surface area contributed by atoms with E-state index in [1.807, 2.05) is 74.5 Å². The van der Waals surface area contributed by atoms with Crippen LogP contribution in [0, 0.1) is 13.8 Å². The Hall–Kier alpha value is -3.45. The molecule has 2 heterocycles. The van der Waals surface area contributed by atoms with E-state index < -0.39 is 0 Å². The molecule has 0 aliphatic heterocycles. The van der Waals surface area contributed by atoms with Crippen LogP contribution in [-0.2, 0) is 0 Å². The Balaban J connectivity index is 1.46. The molecule has 154 valence electrons. The fourth-order valence-electron chi connectivity index (χ4n) is 3.25. The number of aromatic nitrogens is 1. The van der Waals surface area contributed by atoms with E-state index in [9.17, 15) is 4.79 Å². The van der Waals surface area contributed by atoms with Crippen LogP contribution in [0.5, 0.6) is 5.75 Å². The van der Waals surface area contributed by atoms with Crippen molar-refractivity contribution in [2.45, 2.75) is 13.8 Å². The Kier molecular flexibility index (Phi) is 5.87. The van der Waals surface area contributed by atoms with Crippen LogP contribution in [-0.4, -0.2) is 31.1 Å². The monoisotopic (exact) mass is 427 g/mol. The van der Waals surface area contributed by atoms with E-state index in [0.717, 1.165) is 49.7 Å². The average Bonchev–Trinajstić information content (AvgIpc) is 3.26. The van der Waals surface area contributed by atoms with Gasteiger partial charge in [-0.3, -0.25) is 0 Å². The topological polar surface area (TPSA) is 63.2 Å². The van der Waals surface area contributed by atoms with E-state index in [2.05, 4.69) is 23.1 Å². The molecule has 2 aromatic carbocycles. The van der Waals surface area contributed by atoms with Crippen molar-refractivity contribution < 1.29 is 9.53 Å². The Bertz CT molecular complexity index is 1300. The fourth-order valence-corrected chi connectivity index (χ4v) is 4.07. The molecule has 0 radical (unpaired) electrons. The second-order valence-corrected chi connectivity index (χ2v) is 8.35. The van der Waals surface area contributed by atoms with Gasteiger partial charge in [0.2, 0.25) is 0 Å². The number of hydrogen-bond acceptors (Lipinski definition) is 5. The van der Waals surface area contributed by atoms with Gasteiger partial charge in [-0.2, -0.15) is 0 Å². The normalized spacial score (nSPS) is 10.6. The second-order valence-electron chi connectivity index (χ2n) is 7.26. The molecule has 5 nitrogen and oxygen atoms in total. The standard InChI is InChI=1S/C24H22BN3O2S/c1-14-12-18(30-3)7-9-19(14)28-23(25)21-10-11-22(31-21)24(29)27-17-6-8-20-16(13-17)5-4-15(2)26-20/h4-13,25,28H,1-3H3,(H,27,29). The third-order valence-corrected chi connectivity index (χ3v) is 6.08. The summed E-state index contributed by atoms with van der Waals surface area (Å²) in [5, 5.41) is 7.28. The number of aryl methyl sites for hydroxylation is 2. The number of carbonyl (C=O) groups excluding carboxylic acids is 1. The van der Waals surface area contributed by atoms with E-state index >= 15 is 0 Å². The van der Waals surface area contributed by atoms with Crippen molar-refractivity contribution in [3.05, 3.63) is 81.7 Å². The molecule has 31 heavy (non-hydrogen) atoms. The zero-order chi connectivity index (χ0) is 22.0. The van der Waals surface area contributed by atoms with Crippen LogP contribution >= 0.6 is 11.3 Å². The molecule has 4 rings (SSSR count). The number of ether oxygens (including phenoxy) is 1. The van der Waals surface area contributed by atoms with Crippen LogP contribution in [0.3, 0.4) is 0 Å². The molecule has 2 N–H and O–H groups in total. The Morgan fingerprint density at radius 2 is 1.77 bits per heavy atom. The van der Waals surface area contributed by atoms with Crippen LogP contribution in [0.25, 0.3) is 10.9 Å². The van der Waals surface area contributed by atoms with E-state index in [0.29, 0.717) is 4.88 Å². The van der Waals surface area contributed by atoms with Crippen LogP contribution in [0.1, 0.15) is 25.8 Å². The molecule has 0 aliphatic rings. The Labute approximate surface area is 186 Å². The first-order valence-corrected chi connectivity index (χ1v) is 10.6. The summed E-state index contributed by atoms with van der Waals surface area (Å²) in [6, 6.07) is 19.2. The Morgan fingerprint density at radius 1 is 0.968 bits per heavy atom.